The molecular formula is C13H9BrCl2N2O. The molecule has 1 aromatic carbocycles. The van der Waals surface area contributed by atoms with Crippen molar-refractivity contribution in [2.75, 3.05) is 5.32 Å². The third-order valence-corrected chi connectivity index (χ3v) is 3.74. The van der Waals surface area contributed by atoms with Gasteiger partial charge in [0.1, 0.15) is 5.69 Å². The molecule has 1 amide bonds. The molecule has 0 aliphatic rings. The number of carbonyl (C=O) groups excluding carboxylic acids is 1. The Morgan fingerprint density at radius 1 is 1.32 bits per heavy atom. The number of hydrogen-bond acceptors (Lipinski definition) is 2. The summed E-state index contributed by atoms with van der Waals surface area (Å²) in [5.74, 6) is -0.322. The molecule has 0 aliphatic heterocycles. The molecule has 1 aromatic heterocycles. The Bertz CT molecular complexity index is 629. The average Bonchev–Trinajstić information content (AvgIpc) is 2.36. The minimum atomic E-state index is -0.322. The molecule has 1 heterocycles. The van der Waals surface area contributed by atoms with Crippen molar-refractivity contribution in [2.24, 2.45) is 0 Å². The van der Waals surface area contributed by atoms with E-state index in [4.69, 9.17) is 23.2 Å². The van der Waals surface area contributed by atoms with Crippen LogP contribution in [0.5, 0.6) is 0 Å². The first-order valence-corrected chi connectivity index (χ1v) is 6.91. The first kappa shape index (κ1) is 14.3. The summed E-state index contributed by atoms with van der Waals surface area (Å²) in [4.78, 5) is 15.9. The first-order chi connectivity index (χ1) is 8.97. The Morgan fingerprint density at radius 2 is 2.05 bits per heavy atom. The highest BCUT2D eigenvalue weighted by Gasteiger charge is 2.11. The Hall–Kier alpha value is -1.10. The van der Waals surface area contributed by atoms with Crippen LogP contribution in [-0.2, 0) is 0 Å². The third kappa shape index (κ3) is 3.47. The summed E-state index contributed by atoms with van der Waals surface area (Å²) in [6.45, 7) is 1.89. The van der Waals surface area contributed by atoms with Gasteiger partial charge in [-0.2, -0.15) is 0 Å². The lowest BCUT2D eigenvalue weighted by Crippen LogP contribution is -2.13. The highest BCUT2D eigenvalue weighted by atomic mass is 79.9. The zero-order valence-corrected chi connectivity index (χ0v) is 13.0. The maximum Gasteiger partial charge on any atom is 0.274 e. The van der Waals surface area contributed by atoms with Crippen LogP contribution >= 0.6 is 39.1 Å². The van der Waals surface area contributed by atoms with Crippen LogP contribution in [0.2, 0.25) is 10.0 Å². The molecule has 2 aromatic rings. The third-order valence-electron chi connectivity index (χ3n) is 2.46. The van der Waals surface area contributed by atoms with E-state index in [1.54, 1.807) is 18.2 Å². The second-order valence-corrected chi connectivity index (χ2v) is 5.59. The Kier molecular flexibility index (Phi) is 4.45. The zero-order valence-electron chi connectivity index (χ0n) is 9.88. The predicted octanol–water partition coefficient (Wildman–Crippen LogP) is 4.71. The molecule has 0 radical (unpaired) electrons. The van der Waals surface area contributed by atoms with Gasteiger partial charge >= 0.3 is 0 Å². The van der Waals surface area contributed by atoms with Crippen molar-refractivity contribution in [1.82, 2.24) is 4.98 Å². The fraction of sp³-hybridized carbons (Fsp3) is 0.0769. The molecule has 98 valence electrons. The van der Waals surface area contributed by atoms with E-state index in [9.17, 15) is 4.79 Å². The van der Waals surface area contributed by atoms with Gasteiger partial charge in [0.05, 0.1) is 10.7 Å². The van der Waals surface area contributed by atoms with Crippen LogP contribution in [0, 0.1) is 6.92 Å². The predicted molar refractivity (Wildman–Crippen MR) is 81.1 cm³/mol. The van der Waals surface area contributed by atoms with Crippen molar-refractivity contribution in [2.45, 2.75) is 6.92 Å². The second kappa shape index (κ2) is 5.90. The number of aromatic nitrogens is 1. The molecule has 2 rings (SSSR count). The van der Waals surface area contributed by atoms with Gasteiger partial charge < -0.3 is 5.32 Å². The molecule has 19 heavy (non-hydrogen) atoms. The minimum Gasteiger partial charge on any atom is -0.320 e. The number of nitrogens with one attached hydrogen (secondary N) is 1. The van der Waals surface area contributed by atoms with Crippen LogP contribution in [-0.4, -0.2) is 10.9 Å². The van der Waals surface area contributed by atoms with Crippen LogP contribution in [0.1, 0.15) is 16.1 Å². The van der Waals surface area contributed by atoms with Gasteiger partial charge in [-0.3, -0.25) is 4.79 Å². The molecule has 0 atom stereocenters. The van der Waals surface area contributed by atoms with Gasteiger partial charge in [-0.05, 0) is 52.7 Å². The van der Waals surface area contributed by atoms with Crippen molar-refractivity contribution in [3.8, 4) is 0 Å². The van der Waals surface area contributed by atoms with Crippen LogP contribution in [0.15, 0.2) is 34.9 Å². The number of anilines is 1. The van der Waals surface area contributed by atoms with Crippen LogP contribution < -0.4 is 5.32 Å². The highest BCUT2D eigenvalue weighted by molar-refractivity contribution is 9.10. The summed E-state index contributed by atoms with van der Waals surface area (Å²) in [7, 11) is 0. The minimum absolute atomic E-state index is 0.285. The molecular weight excluding hydrogens is 351 g/mol. The molecule has 3 nitrogen and oxygen atoms in total. The van der Waals surface area contributed by atoms with E-state index < -0.39 is 0 Å². The quantitative estimate of drug-likeness (QED) is 0.843. The molecule has 0 saturated carbocycles. The van der Waals surface area contributed by atoms with Gasteiger partial charge in [-0.1, -0.05) is 23.2 Å². The summed E-state index contributed by atoms with van der Waals surface area (Å²) in [5, 5.41) is 3.81. The standard InChI is InChI=1S/C13H9BrCl2N2O/c1-7-4-9(14)12(5-10(7)16)18-13(19)11-3-2-8(15)6-17-11/h2-6H,1H3,(H,18,19). The molecule has 0 fully saturated rings. The van der Waals surface area contributed by atoms with Crippen LogP contribution in [0.25, 0.3) is 0 Å². The van der Waals surface area contributed by atoms with E-state index in [2.05, 4.69) is 26.2 Å². The van der Waals surface area contributed by atoms with Crippen LogP contribution in [0.3, 0.4) is 0 Å². The monoisotopic (exact) mass is 358 g/mol. The molecule has 0 bridgehead atoms. The fourth-order valence-corrected chi connectivity index (χ4v) is 2.27. The normalized spacial score (nSPS) is 10.3. The van der Waals surface area contributed by atoms with E-state index in [-0.39, 0.29) is 11.6 Å². The number of pyridine rings is 1. The molecule has 0 spiro atoms. The zero-order chi connectivity index (χ0) is 14.0. The van der Waals surface area contributed by atoms with E-state index in [1.807, 2.05) is 13.0 Å². The van der Waals surface area contributed by atoms with Gasteiger partial charge in [-0.15, -0.1) is 0 Å². The summed E-state index contributed by atoms with van der Waals surface area (Å²) in [5.41, 5.74) is 1.81. The number of rotatable bonds is 2. The van der Waals surface area contributed by atoms with Gasteiger partial charge in [-0.25, -0.2) is 4.98 Å². The highest BCUT2D eigenvalue weighted by Crippen LogP contribution is 2.29. The van der Waals surface area contributed by atoms with Crippen molar-refractivity contribution < 1.29 is 4.79 Å². The van der Waals surface area contributed by atoms with Crippen molar-refractivity contribution in [3.05, 3.63) is 56.2 Å². The van der Waals surface area contributed by atoms with E-state index in [1.165, 1.54) is 6.20 Å². The Balaban J connectivity index is 2.24. The summed E-state index contributed by atoms with van der Waals surface area (Å²) in [6.07, 6.45) is 1.42. The number of carbonyl (C=O) groups is 1. The summed E-state index contributed by atoms with van der Waals surface area (Å²) in [6, 6.07) is 6.70. The Morgan fingerprint density at radius 3 is 2.68 bits per heavy atom. The van der Waals surface area contributed by atoms with Crippen molar-refractivity contribution in [1.29, 1.82) is 0 Å². The van der Waals surface area contributed by atoms with Crippen molar-refractivity contribution >= 4 is 50.7 Å². The SMILES string of the molecule is Cc1cc(Br)c(NC(=O)c2ccc(Cl)cn2)cc1Cl. The number of hydrogen-bond donors (Lipinski definition) is 1. The van der Waals surface area contributed by atoms with E-state index in [0.29, 0.717) is 15.7 Å². The van der Waals surface area contributed by atoms with Crippen LogP contribution in [0.4, 0.5) is 5.69 Å². The molecule has 1 N–H and O–H groups in total. The maximum atomic E-state index is 12.0. The Labute approximate surface area is 129 Å². The van der Waals surface area contributed by atoms with Crippen molar-refractivity contribution in [3.63, 3.8) is 0 Å². The second-order valence-electron chi connectivity index (χ2n) is 3.90. The summed E-state index contributed by atoms with van der Waals surface area (Å²) >= 11 is 15.1. The number of nitrogens with zero attached hydrogens (tertiary/aromatic N) is 1. The first-order valence-electron chi connectivity index (χ1n) is 5.36. The molecule has 6 heteroatoms. The molecule has 0 unspecified atom stereocenters. The largest absolute Gasteiger partial charge is 0.320 e. The van der Waals surface area contributed by atoms with Gasteiger partial charge in [0.15, 0.2) is 0 Å². The number of amides is 1. The fourth-order valence-electron chi connectivity index (χ4n) is 1.44. The lowest BCUT2D eigenvalue weighted by molar-refractivity contribution is 0.102. The van der Waals surface area contributed by atoms with Gasteiger partial charge in [0.2, 0.25) is 0 Å². The van der Waals surface area contributed by atoms with E-state index >= 15 is 0 Å². The number of benzene rings is 1. The van der Waals surface area contributed by atoms with Gasteiger partial charge in [0.25, 0.3) is 5.91 Å². The lowest BCUT2D eigenvalue weighted by atomic mass is 10.2. The molecule has 0 saturated heterocycles. The number of aryl methyl sites for hydroxylation is 1. The average molecular weight is 360 g/mol. The summed E-state index contributed by atoms with van der Waals surface area (Å²) < 4.78 is 0.761. The van der Waals surface area contributed by atoms with E-state index in [0.717, 1.165) is 10.0 Å². The molecule has 0 aliphatic carbocycles. The smallest absolute Gasteiger partial charge is 0.274 e. The lowest BCUT2D eigenvalue weighted by Gasteiger charge is -2.09. The maximum absolute atomic E-state index is 12.0. The van der Waals surface area contributed by atoms with Gasteiger partial charge in [0, 0.05) is 15.7 Å². The topological polar surface area (TPSA) is 42.0 Å². The number of halogens is 3.